The summed E-state index contributed by atoms with van der Waals surface area (Å²) in [4.78, 5) is 14.3. The molecule has 0 bridgehead atoms. The lowest BCUT2D eigenvalue weighted by molar-refractivity contribution is -0.137. The SMILES string of the molecule is CCN(C)Cc1ccc(-n2cc(-c3nc(NC4CCN(S(C)(=O)=O)CC4)ncc3C(F)(F)F)nc2C)c(F)c1. The number of rotatable bonds is 8. The minimum absolute atomic E-state index is 0.0291. The number of nitrogens with zero attached hydrogens (tertiary/aromatic N) is 6. The van der Waals surface area contributed by atoms with Crippen molar-refractivity contribution in [3.8, 4) is 17.1 Å². The van der Waals surface area contributed by atoms with Gasteiger partial charge in [0.1, 0.15) is 28.6 Å². The Morgan fingerprint density at radius 2 is 1.87 bits per heavy atom. The van der Waals surface area contributed by atoms with E-state index in [-0.39, 0.29) is 42.3 Å². The summed E-state index contributed by atoms with van der Waals surface area (Å²) in [5, 5.41) is 3.02. The molecule has 3 heterocycles. The molecule has 2 aromatic heterocycles. The van der Waals surface area contributed by atoms with Crippen molar-refractivity contribution in [2.45, 2.75) is 45.5 Å². The average Bonchev–Trinajstić information content (AvgIpc) is 3.24. The van der Waals surface area contributed by atoms with Crippen LogP contribution in [0.2, 0.25) is 0 Å². The van der Waals surface area contributed by atoms with Crippen LogP contribution in [0, 0.1) is 12.7 Å². The molecule has 0 amide bonds. The maximum Gasteiger partial charge on any atom is 0.420 e. The Hall–Kier alpha value is -3.10. The van der Waals surface area contributed by atoms with Crippen molar-refractivity contribution in [2.75, 3.05) is 38.3 Å². The van der Waals surface area contributed by atoms with Gasteiger partial charge >= 0.3 is 6.18 Å². The van der Waals surface area contributed by atoms with Crippen LogP contribution in [-0.2, 0) is 22.7 Å². The van der Waals surface area contributed by atoms with Crippen LogP contribution in [0.15, 0.2) is 30.6 Å². The summed E-state index contributed by atoms with van der Waals surface area (Å²) in [6, 6.07) is 4.54. The highest BCUT2D eigenvalue weighted by Crippen LogP contribution is 2.36. The van der Waals surface area contributed by atoms with Crippen molar-refractivity contribution in [3.05, 3.63) is 53.4 Å². The number of nitrogens with one attached hydrogen (secondary N) is 1. The molecule has 0 atom stereocenters. The first-order valence-electron chi connectivity index (χ1n) is 12.5. The molecule has 1 aromatic carbocycles. The molecule has 39 heavy (non-hydrogen) atoms. The molecule has 1 fully saturated rings. The predicted molar refractivity (Wildman–Crippen MR) is 139 cm³/mol. The normalized spacial score (nSPS) is 15.7. The number of hydrogen-bond donors (Lipinski definition) is 1. The zero-order valence-electron chi connectivity index (χ0n) is 22.1. The second-order valence-corrected chi connectivity index (χ2v) is 11.7. The first-order valence-corrected chi connectivity index (χ1v) is 14.3. The van der Waals surface area contributed by atoms with Gasteiger partial charge in [0.25, 0.3) is 0 Å². The average molecular weight is 570 g/mol. The van der Waals surface area contributed by atoms with E-state index in [4.69, 9.17) is 0 Å². The van der Waals surface area contributed by atoms with Crippen molar-refractivity contribution in [2.24, 2.45) is 0 Å². The smallest absolute Gasteiger partial charge is 0.351 e. The van der Waals surface area contributed by atoms with Crippen LogP contribution in [0.3, 0.4) is 0 Å². The Morgan fingerprint density at radius 3 is 2.46 bits per heavy atom. The number of hydrogen-bond acceptors (Lipinski definition) is 7. The summed E-state index contributed by atoms with van der Waals surface area (Å²) in [7, 11) is -1.40. The number of imidazole rings is 1. The number of alkyl halides is 3. The quantitative estimate of drug-likeness (QED) is 0.409. The van der Waals surface area contributed by atoms with Crippen molar-refractivity contribution >= 4 is 16.0 Å². The maximum absolute atomic E-state index is 15.1. The van der Waals surface area contributed by atoms with E-state index < -0.39 is 33.3 Å². The monoisotopic (exact) mass is 569 g/mol. The summed E-state index contributed by atoms with van der Waals surface area (Å²) in [6.07, 6.45) is -0.682. The van der Waals surface area contributed by atoms with E-state index in [0.717, 1.165) is 18.4 Å². The highest BCUT2D eigenvalue weighted by molar-refractivity contribution is 7.88. The molecule has 0 unspecified atom stereocenters. The lowest BCUT2D eigenvalue weighted by Crippen LogP contribution is -2.42. The van der Waals surface area contributed by atoms with Gasteiger partial charge in [-0.2, -0.15) is 13.2 Å². The predicted octanol–water partition coefficient (Wildman–Crippen LogP) is 4.08. The van der Waals surface area contributed by atoms with Crippen molar-refractivity contribution in [1.82, 2.24) is 28.7 Å². The van der Waals surface area contributed by atoms with E-state index in [1.54, 1.807) is 19.1 Å². The summed E-state index contributed by atoms with van der Waals surface area (Å²) in [6.45, 7) is 5.49. The number of aromatic nitrogens is 4. The van der Waals surface area contributed by atoms with E-state index in [2.05, 4.69) is 20.3 Å². The number of aryl methyl sites for hydroxylation is 1. The topological polar surface area (TPSA) is 96.2 Å². The fraction of sp³-hybridized carbons (Fsp3) is 0.480. The fourth-order valence-corrected chi connectivity index (χ4v) is 5.34. The van der Waals surface area contributed by atoms with Gasteiger partial charge in [0.2, 0.25) is 16.0 Å². The first-order chi connectivity index (χ1) is 18.3. The van der Waals surface area contributed by atoms with Crippen LogP contribution in [0.1, 0.15) is 36.7 Å². The van der Waals surface area contributed by atoms with Crippen LogP contribution in [-0.4, -0.2) is 76.1 Å². The van der Waals surface area contributed by atoms with Crippen LogP contribution in [0.25, 0.3) is 17.1 Å². The largest absolute Gasteiger partial charge is 0.420 e. The highest BCUT2D eigenvalue weighted by atomic mass is 32.2. The van der Waals surface area contributed by atoms with Crippen molar-refractivity contribution in [3.63, 3.8) is 0 Å². The Kier molecular flexibility index (Phi) is 8.28. The van der Waals surface area contributed by atoms with Gasteiger partial charge in [0.15, 0.2) is 0 Å². The molecule has 0 aliphatic carbocycles. The standard InChI is InChI=1S/C25H31F4N7O2S/c1-5-34(3)14-17-6-7-22(20(26)12-17)36-15-21(31-16(36)2)23-19(25(27,28)29)13-30-24(33-23)32-18-8-10-35(11-9-18)39(4,37)38/h6-7,12-13,15,18H,5,8-11,14H2,1-4H3,(H,30,32,33). The molecule has 212 valence electrons. The molecule has 14 heteroatoms. The third-order valence-electron chi connectivity index (χ3n) is 6.74. The molecule has 0 saturated carbocycles. The molecule has 1 N–H and O–H groups in total. The lowest BCUT2D eigenvalue weighted by Gasteiger charge is -2.30. The molecule has 4 rings (SSSR count). The fourth-order valence-electron chi connectivity index (χ4n) is 4.47. The zero-order valence-corrected chi connectivity index (χ0v) is 22.9. The number of halogens is 4. The van der Waals surface area contributed by atoms with E-state index in [1.165, 1.54) is 21.1 Å². The minimum Gasteiger partial charge on any atom is -0.351 e. The maximum atomic E-state index is 15.1. The molecule has 1 saturated heterocycles. The van der Waals surface area contributed by atoms with Crippen molar-refractivity contribution in [1.29, 1.82) is 0 Å². The van der Waals surface area contributed by atoms with Gasteiger partial charge in [0, 0.05) is 38.1 Å². The Labute approximate surface area is 224 Å². The molecule has 3 aromatic rings. The van der Waals surface area contributed by atoms with E-state index in [1.807, 2.05) is 18.9 Å². The van der Waals surface area contributed by atoms with Gasteiger partial charge in [-0.15, -0.1) is 0 Å². The summed E-state index contributed by atoms with van der Waals surface area (Å²) in [5.74, 6) is -0.263. The van der Waals surface area contributed by atoms with E-state index in [0.29, 0.717) is 25.6 Å². The van der Waals surface area contributed by atoms with Crippen LogP contribution in [0.4, 0.5) is 23.5 Å². The minimum atomic E-state index is -4.75. The second-order valence-electron chi connectivity index (χ2n) is 9.69. The molecule has 0 radical (unpaired) electrons. The first kappa shape index (κ1) is 28.9. The van der Waals surface area contributed by atoms with Gasteiger partial charge in [-0.05, 0) is 51.1 Å². The molecular weight excluding hydrogens is 538 g/mol. The van der Waals surface area contributed by atoms with Gasteiger partial charge in [0.05, 0.1) is 11.9 Å². The highest BCUT2D eigenvalue weighted by Gasteiger charge is 2.36. The van der Waals surface area contributed by atoms with E-state index in [9.17, 15) is 21.6 Å². The Balaban J connectivity index is 1.63. The summed E-state index contributed by atoms with van der Waals surface area (Å²) >= 11 is 0. The number of anilines is 1. The van der Waals surface area contributed by atoms with Crippen molar-refractivity contribution < 1.29 is 26.0 Å². The van der Waals surface area contributed by atoms with Crippen LogP contribution >= 0.6 is 0 Å². The third kappa shape index (κ3) is 6.73. The van der Waals surface area contributed by atoms with Crippen LogP contribution in [0.5, 0.6) is 0 Å². The second kappa shape index (κ2) is 11.2. The van der Waals surface area contributed by atoms with Gasteiger partial charge < -0.3 is 14.8 Å². The van der Waals surface area contributed by atoms with Crippen LogP contribution < -0.4 is 5.32 Å². The summed E-state index contributed by atoms with van der Waals surface area (Å²) < 4.78 is 83.0. The van der Waals surface area contributed by atoms with E-state index >= 15 is 4.39 Å². The molecule has 9 nitrogen and oxygen atoms in total. The Bertz CT molecular complexity index is 1430. The number of sulfonamides is 1. The van der Waals surface area contributed by atoms with Gasteiger partial charge in [-0.25, -0.2) is 32.1 Å². The molecular formula is C25H31F4N7O2S. The van der Waals surface area contributed by atoms with Gasteiger partial charge in [-0.1, -0.05) is 13.0 Å². The molecule has 1 aliphatic rings. The lowest BCUT2D eigenvalue weighted by atomic mass is 10.1. The zero-order chi connectivity index (χ0) is 28.5. The van der Waals surface area contributed by atoms with Gasteiger partial charge in [-0.3, -0.25) is 0 Å². The third-order valence-corrected chi connectivity index (χ3v) is 8.04. The number of benzene rings is 1. The Morgan fingerprint density at radius 1 is 1.18 bits per heavy atom. The summed E-state index contributed by atoms with van der Waals surface area (Å²) in [5.41, 5.74) is -0.647. The molecule has 1 aliphatic heterocycles. The molecule has 0 spiro atoms. The number of piperidine rings is 1.